The van der Waals surface area contributed by atoms with Gasteiger partial charge in [-0.3, -0.25) is 0 Å². The topological polar surface area (TPSA) is 67.4 Å². The molecule has 0 saturated carbocycles. The zero-order valence-corrected chi connectivity index (χ0v) is 13.1. The Bertz CT molecular complexity index is 653. The molecule has 1 atom stereocenters. The van der Waals surface area contributed by atoms with Gasteiger partial charge in [0.15, 0.2) is 0 Å². The molecule has 1 aromatic carbocycles. The third-order valence-electron chi connectivity index (χ3n) is 3.25. The van der Waals surface area contributed by atoms with E-state index in [9.17, 15) is 9.59 Å². The molecular formula is C16H17ClN2O3. The summed E-state index contributed by atoms with van der Waals surface area (Å²) in [6.45, 7) is 3.68. The summed E-state index contributed by atoms with van der Waals surface area (Å²) in [7, 11) is 0. The molecule has 6 heteroatoms. The Morgan fingerprint density at radius 2 is 2.14 bits per heavy atom. The van der Waals surface area contributed by atoms with Crippen LogP contribution in [-0.2, 0) is 9.53 Å². The van der Waals surface area contributed by atoms with Crippen LogP contribution in [0.5, 0.6) is 0 Å². The van der Waals surface area contributed by atoms with E-state index in [1.54, 1.807) is 43.3 Å². The number of esters is 1. The number of allylic oxidation sites excluding steroid dienone is 2. The third kappa shape index (κ3) is 3.49. The average molecular weight is 321 g/mol. The number of urea groups is 1. The Balaban J connectivity index is 2.37. The van der Waals surface area contributed by atoms with Crippen LogP contribution in [-0.4, -0.2) is 18.6 Å². The molecule has 1 heterocycles. The van der Waals surface area contributed by atoms with E-state index < -0.39 is 12.0 Å². The average Bonchev–Trinajstić information content (AvgIpc) is 2.47. The van der Waals surface area contributed by atoms with Gasteiger partial charge in [0.1, 0.15) is 6.61 Å². The van der Waals surface area contributed by atoms with Crippen molar-refractivity contribution >= 4 is 23.6 Å². The number of benzene rings is 1. The van der Waals surface area contributed by atoms with Crippen molar-refractivity contribution in [3.63, 3.8) is 0 Å². The van der Waals surface area contributed by atoms with Gasteiger partial charge in [0.05, 0.1) is 11.6 Å². The lowest BCUT2D eigenvalue weighted by molar-refractivity contribution is -0.138. The van der Waals surface area contributed by atoms with Crippen molar-refractivity contribution in [1.82, 2.24) is 10.6 Å². The van der Waals surface area contributed by atoms with Crippen LogP contribution in [0.1, 0.15) is 25.5 Å². The first-order chi connectivity index (χ1) is 10.5. The normalized spacial score (nSPS) is 18.1. The number of carbonyl (C=O) groups excluding carboxylic acids is 2. The van der Waals surface area contributed by atoms with Crippen molar-refractivity contribution in [2.75, 3.05) is 6.61 Å². The van der Waals surface area contributed by atoms with E-state index in [-0.39, 0.29) is 12.6 Å². The molecule has 0 aliphatic carbocycles. The van der Waals surface area contributed by atoms with Gasteiger partial charge in [-0.25, -0.2) is 9.59 Å². The second-order valence-electron chi connectivity index (χ2n) is 4.76. The van der Waals surface area contributed by atoms with Gasteiger partial charge in [0.2, 0.25) is 0 Å². The van der Waals surface area contributed by atoms with E-state index in [2.05, 4.69) is 10.6 Å². The van der Waals surface area contributed by atoms with E-state index in [0.717, 1.165) is 0 Å². The zero-order chi connectivity index (χ0) is 16.1. The minimum Gasteiger partial charge on any atom is -0.458 e. The summed E-state index contributed by atoms with van der Waals surface area (Å²) >= 11 is 6.19. The summed E-state index contributed by atoms with van der Waals surface area (Å²) in [6, 6.07) is 6.05. The minimum absolute atomic E-state index is 0.176. The first kappa shape index (κ1) is 16.1. The summed E-state index contributed by atoms with van der Waals surface area (Å²) in [5.41, 5.74) is 1.45. The Labute approximate surface area is 134 Å². The predicted molar refractivity (Wildman–Crippen MR) is 84.3 cm³/mol. The van der Waals surface area contributed by atoms with Crippen molar-refractivity contribution < 1.29 is 14.3 Å². The Morgan fingerprint density at radius 1 is 1.41 bits per heavy atom. The van der Waals surface area contributed by atoms with Gasteiger partial charge in [0, 0.05) is 10.7 Å². The fraction of sp³-hybridized carbons (Fsp3) is 0.250. The molecule has 2 N–H and O–H groups in total. The lowest BCUT2D eigenvalue weighted by atomic mass is 9.95. The van der Waals surface area contributed by atoms with Crippen molar-refractivity contribution in [2.45, 2.75) is 19.9 Å². The van der Waals surface area contributed by atoms with Crippen LogP contribution < -0.4 is 10.6 Å². The Kier molecular flexibility index (Phi) is 5.22. The fourth-order valence-corrected chi connectivity index (χ4v) is 2.45. The first-order valence-corrected chi connectivity index (χ1v) is 7.23. The number of amides is 2. The van der Waals surface area contributed by atoms with Crippen molar-refractivity contribution in [1.29, 1.82) is 0 Å². The SMILES string of the molecule is C/C=C/COC(=O)C1=C(C)NC(=O)N[C@@H]1c1ccccc1Cl. The van der Waals surface area contributed by atoms with Crippen molar-refractivity contribution in [3.05, 3.63) is 58.3 Å². The molecule has 116 valence electrons. The maximum atomic E-state index is 12.3. The largest absolute Gasteiger partial charge is 0.458 e. The van der Waals surface area contributed by atoms with E-state index >= 15 is 0 Å². The van der Waals surface area contributed by atoms with Gasteiger partial charge in [-0.1, -0.05) is 42.0 Å². The number of halogens is 1. The van der Waals surface area contributed by atoms with Crippen LogP contribution >= 0.6 is 11.6 Å². The Hall–Kier alpha value is -2.27. The molecule has 0 saturated heterocycles. The highest BCUT2D eigenvalue weighted by molar-refractivity contribution is 6.31. The van der Waals surface area contributed by atoms with Crippen molar-refractivity contribution in [2.24, 2.45) is 0 Å². The van der Waals surface area contributed by atoms with Gasteiger partial charge in [0.25, 0.3) is 0 Å². The molecule has 0 aromatic heterocycles. The van der Waals surface area contributed by atoms with Gasteiger partial charge in [-0.2, -0.15) is 0 Å². The van der Waals surface area contributed by atoms with Crippen LogP contribution in [0.4, 0.5) is 4.79 Å². The van der Waals surface area contributed by atoms with E-state index in [1.165, 1.54) is 0 Å². The molecule has 0 spiro atoms. The number of hydrogen-bond acceptors (Lipinski definition) is 3. The number of hydrogen-bond donors (Lipinski definition) is 2. The second-order valence-corrected chi connectivity index (χ2v) is 5.17. The highest BCUT2D eigenvalue weighted by Crippen LogP contribution is 2.31. The zero-order valence-electron chi connectivity index (χ0n) is 12.4. The fourth-order valence-electron chi connectivity index (χ4n) is 2.20. The van der Waals surface area contributed by atoms with Crippen LogP contribution in [0, 0.1) is 0 Å². The molecular weight excluding hydrogens is 304 g/mol. The van der Waals surface area contributed by atoms with Crippen LogP contribution in [0.25, 0.3) is 0 Å². The van der Waals surface area contributed by atoms with E-state index in [0.29, 0.717) is 21.9 Å². The summed E-state index contributed by atoms with van der Waals surface area (Å²) in [6.07, 6.45) is 3.52. The molecule has 5 nitrogen and oxygen atoms in total. The van der Waals surface area contributed by atoms with Crippen LogP contribution in [0.2, 0.25) is 5.02 Å². The van der Waals surface area contributed by atoms with E-state index in [4.69, 9.17) is 16.3 Å². The second kappa shape index (κ2) is 7.13. The molecule has 22 heavy (non-hydrogen) atoms. The minimum atomic E-state index is -0.638. The highest BCUT2D eigenvalue weighted by Gasteiger charge is 2.33. The number of ether oxygens (including phenoxy) is 1. The lowest BCUT2D eigenvalue weighted by Gasteiger charge is -2.28. The Morgan fingerprint density at radius 3 is 2.82 bits per heavy atom. The summed E-state index contributed by atoms with van der Waals surface area (Å²) < 4.78 is 5.20. The molecule has 0 bridgehead atoms. The van der Waals surface area contributed by atoms with Gasteiger partial charge >= 0.3 is 12.0 Å². The first-order valence-electron chi connectivity index (χ1n) is 6.85. The van der Waals surface area contributed by atoms with Gasteiger partial charge in [-0.05, 0) is 25.5 Å². The molecule has 0 radical (unpaired) electrons. The molecule has 0 fully saturated rings. The number of nitrogens with one attached hydrogen (secondary N) is 2. The smallest absolute Gasteiger partial charge is 0.338 e. The molecule has 1 aliphatic heterocycles. The molecule has 2 rings (SSSR count). The van der Waals surface area contributed by atoms with Crippen LogP contribution in [0.15, 0.2) is 47.7 Å². The molecule has 1 aromatic rings. The van der Waals surface area contributed by atoms with Gasteiger partial charge in [-0.15, -0.1) is 0 Å². The number of carbonyl (C=O) groups is 2. The summed E-state index contributed by atoms with van der Waals surface area (Å²) in [5, 5.41) is 5.77. The maximum Gasteiger partial charge on any atom is 0.338 e. The molecule has 1 aliphatic rings. The molecule has 2 amide bonds. The number of rotatable bonds is 4. The van der Waals surface area contributed by atoms with Gasteiger partial charge < -0.3 is 15.4 Å². The predicted octanol–water partition coefficient (Wildman–Crippen LogP) is 3.09. The quantitative estimate of drug-likeness (QED) is 0.661. The van der Waals surface area contributed by atoms with Crippen LogP contribution in [0.3, 0.4) is 0 Å². The third-order valence-corrected chi connectivity index (χ3v) is 3.60. The standard InChI is InChI=1S/C16H17ClN2O3/c1-3-4-9-22-15(20)13-10(2)18-16(21)19-14(13)11-7-5-6-8-12(11)17/h3-8,14H,9H2,1-2H3,(H2,18,19,21)/b4-3+/t14-/m1/s1. The maximum absolute atomic E-state index is 12.3. The summed E-state index contributed by atoms with van der Waals surface area (Å²) in [5.74, 6) is -0.493. The van der Waals surface area contributed by atoms with Crippen molar-refractivity contribution in [3.8, 4) is 0 Å². The van der Waals surface area contributed by atoms with E-state index in [1.807, 2.05) is 6.92 Å². The highest BCUT2D eigenvalue weighted by atomic mass is 35.5. The summed E-state index contributed by atoms with van der Waals surface area (Å²) in [4.78, 5) is 24.1. The monoisotopic (exact) mass is 320 g/mol. The molecule has 0 unspecified atom stereocenters. The lowest BCUT2D eigenvalue weighted by Crippen LogP contribution is -2.45.